The number of urea groups is 1. The van der Waals surface area contributed by atoms with E-state index >= 15 is 0 Å². The normalized spacial score (nSPS) is 14.6. The number of rotatable bonds is 5. The van der Waals surface area contributed by atoms with Crippen LogP contribution in [0.4, 0.5) is 23.7 Å². The van der Waals surface area contributed by atoms with Gasteiger partial charge in [0.15, 0.2) is 0 Å². The van der Waals surface area contributed by atoms with Gasteiger partial charge >= 0.3 is 12.2 Å². The second-order valence-electron chi connectivity index (χ2n) is 6.73. The van der Waals surface area contributed by atoms with E-state index in [1.165, 1.54) is 12.1 Å². The summed E-state index contributed by atoms with van der Waals surface area (Å²) in [7, 11) is 0. The molecular formula is C21H24F3N3O2. The Kier molecular flexibility index (Phi) is 6.51. The minimum absolute atomic E-state index is 0.185. The molecule has 2 aromatic carbocycles. The summed E-state index contributed by atoms with van der Waals surface area (Å²) in [6.45, 7) is 5.18. The lowest BCUT2D eigenvalue weighted by molar-refractivity contribution is -0.137. The smallest absolute Gasteiger partial charge is 0.416 e. The Hall–Kier alpha value is -2.90. The number of benzene rings is 2. The van der Waals surface area contributed by atoms with Crippen molar-refractivity contribution in [3.63, 3.8) is 0 Å². The molecule has 0 unspecified atom stereocenters. The summed E-state index contributed by atoms with van der Waals surface area (Å²) >= 11 is 0. The van der Waals surface area contributed by atoms with Crippen LogP contribution in [0.25, 0.3) is 0 Å². The van der Waals surface area contributed by atoms with E-state index in [1.54, 1.807) is 4.90 Å². The highest BCUT2D eigenvalue weighted by Gasteiger charge is 2.30. The molecule has 0 aliphatic carbocycles. The number of anilines is 1. The number of carbonyl (C=O) groups is 1. The number of ether oxygens (including phenoxy) is 1. The predicted molar refractivity (Wildman–Crippen MR) is 105 cm³/mol. The molecule has 1 saturated heterocycles. The Morgan fingerprint density at radius 3 is 2.31 bits per heavy atom. The highest BCUT2D eigenvalue weighted by atomic mass is 19.4. The summed E-state index contributed by atoms with van der Waals surface area (Å²) in [6.07, 6.45) is -4.36. The van der Waals surface area contributed by atoms with Gasteiger partial charge in [-0.25, -0.2) is 4.79 Å². The molecule has 156 valence electrons. The third-order valence-electron chi connectivity index (χ3n) is 4.80. The van der Waals surface area contributed by atoms with Gasteiger partial charge in [0.1, 0.15) is 5.75 Å². The number of nitrogens with one attached hydrogen (secondary N) is 1. The summed E-state index contributed by atoms with van der Waals surface area (Å²) in [4.78, 5) is 16.3. The van der Waals surface area contributed by atoms with Crippen molar-refractivity contribution in [2.24, 2.45) is 0 Å². The lowest BCUT2D eigenvalue weighted by Crippen LogP contribution is -2.51. The van der Waals surface area contributed by atoms with E-state index in [9.17, 15) is 18.0 Å². The molecule has 2 amide bonds. The van der Waals surface area contributed by atoms with E-state index in [4.69, 9.17) is 4.74 Å². The van der Waals surface area contributed by atoms with Crippen molar-refractivity contribution in [3.8, 4) is 5.75 Å². The first-order valence-electron chi connectivity index (χ1n) is 9.54. The largest absolute Gasteiger partial charge is 0.492 e. The molecule has 1 aliphatic heterocycles. The summed E-state index contributed by atoms with van der Waals surface area (Å²) in [5.41, 5.74) is 0.936. The number of hydrogen-bond donors (Lipinski definition) is 1. The molecule has 1 aliphatic rings. The van der Waals surface area contributed by atoms with Gasteiger partial charge in [0.25, 0.3) is 0 Å². The molecule has 1 heterocycles. The first-order valence-corrected chi connectivity index (χ1v) is 9.54. The summed E-state index contributed by atoms with van der Waals surface area (Å²) in [5, 5.41) is 2.78. The molecule has 1 N–H and O–H groups in total. The van der Waals surface area contributed by atoms with Gasteiger partial charge < -0.3 is 19.9 Å². The minimum atomic E-state index is -4.36. The number of nitrogens with zero attached hydrogens (tertiary/aromatic N) is 2. The maximum Gasteiger partial charge on any atom is 0.416 e. The van der Waals surface area contributed by atoms with E-state index in [0.29, 0.717) is 38.3 Å². The number of carbonyl (C=O) groups excluding carboxylic acids is 1. The number of para-hydroxylation sites is 2. The topological polar surface area (TPSA) is 44.8 Å². The molecule has 1 fully saturated rings. The van der Waals surface area contributed by atoms with Gasteiger partial charge in [-0.15, -0.1) is 0 Å². The fraction of sp³-hybridized carbons (Fsp3) is 0.381. The van der Waals surface area contributed by atoms with Crippen molar-refractivity contribution in [2.45, 2.75) is 19.6 Å². The molecule has 29 heavy (non-hydrogen) atoms. The van der Waals surface area contributed by atoms with Gasteiger partial charge in [0, 0.05) is 32.7 Å². The van der Waals surface area contributed by atoms with Crippen molar-refractivity contribution < 1.29 is 22.7 Å². The number of hydrogen-bond acceptors (Lipinski definition) is 3. The average Bonchev–Trinajstić information content (AvgIpc) is 2.72. The number of amides is 2. The van der Waals surface area contributed by atoms with Crippen molar-refractivity contribution in [1.82, 2.24) is 10.2 Å². The first-order chi connectivity index (χ1) is 13.9. The van der Waals surface area contributed by atoms with Crippen LogP contribution in [-0.4, -0.2) is 43.7 Å². The third-order valence-corrected chi connectivity index (χ3v) is 4.80. The molecule has 0 saturated carbocycles. The Labute approximate surface area is 168 Å². The van der Waals surface area contributed by atoms with Gasteiger partial charge in [-0.3, -0.25) is 0 Å². The highest BCUT2D eigenvalue weighted by molar-refractivity contribution is 5.74. The SMILES string of the molecule is CCOc1ccccc1N1CCN(C(=O)NCc2ccc(C(F)(F)F)cc2)CC1. The lowest BCUT2D eigenvalue weighted by Gasteiger charge is -2.36. The van der Waals surface area contributed by atoms with Crippen LogP contribution in [0.1, 0.15) is 18.1 Å². The van der Waals surface area contributed by atoms with Crippen LogP contribution in [0.3, 0.4) is 0 Å². The standard InChI is InChI=1S/C21H24F3N3O2/c1-2-29-19-6-4-3-5-18(19)26-11-13-27(14-12-26)20(28)25-15-16-7-9-17(10-8-16)21(22,23)24/h3-10H,2,11-15H2,1H3,(H,25,28). The predicted octanol–water partition coefficient (Wildman–Crippen LogP) is 4.14. The second kappa shape index (κ2) is 9.07. The molecular weight excluding hydrogens is 383 g/mol. The molecule has 0 radical (unpaired) electrons. The van der Waals surface area contributed by atoms with Gasteiger partial charge in [0.2, 0.25) is 0 Å². The molecule has 8 heteroatoms. The van der Waals surface area contributed by atoms with Gasteiger partial charge in [0.05, 0.1) is 17.9 Å². The zero-order valence-electron chi connectivity index (χ0n) is 16.2. The molecule has 3 rings (SSSR count). The van der Waals surface area contributed by atoms with Crippen molar-refractivity contribution in [3.05, 3.63) is 59.7 Å². The monoisotopic (exact) mass is 407 g/mol. The minimum Gasteiger partial charge on any atom is -0.492 e. The summed E-state index contributed by atoms with van der Waals surface area (Å²) in [5.74, 6) is 0.829. The van der Waals surface area contributed by atoms with E-state index in [1.807, 2.05) is 31.2 Å². The quantitative estimate of drug-likeness (QED) is 0.811. The van der Waals surface area contributed by atoms with E-state index in [-0.39, 0.29) is 12.6 Å². The summed E-state index contributed by atoms with van der Waals surface area (Å²) < 4.78 is 43.5. The Bertz CT molecular complexity index is 817. The zero-order chi connectivity index (χ0) is 20.9. The number of halogens is 3. The van der Waals surface area contributed by atoms with Gasteiger partial charge in [-0.1, -0.05) is 24.3 Å². The fourth-order valence-electron chi connectivity index (χ4n) is 3.25. The van der Waals surface area contributed by atoms with Crippen LogP contribution < -0.4 is 15.0 Å². The van der Waals surface area contributed by atoms with E-state index in [0.717, 1.165) is 23.6 Å². The third kappa shape index (κ3) is 5.34. The first kappa shape index (κ1) is 20.8. The molecule has 0 atom stereocenters. The number of piperazine rings is 1. The zero-order valence-corrected chi connectivity index (χ0v) is 16.2. The van der Waals surface area contributed by atoms with Crippen molar-refractivity contribution in [1.29, 1.82) is 0 Å². The van der Waals surface area contributed by atoms with Crippen molar-refractivity contribution in [2.75, 3.05) is 37.7 Å². The van der Waals surface area contributed by atoms with Crippen LogP contribution in [0, 0.1) is 0 Å². The lowest BCUT2D eigenvalue weighted by atomic mass is 10.1. The average molecular weight is 407 g/mol. The van der Waals surface area contributed by atoms with Crippen LogP contribution in [-0.2, 0) is 12.7 Å². The van der Waals surface area contributed by atoms with Crippen LogP contribution in [0.15, 0.2) is 48.5 Å². The highest BCUT2D eigenvalue weighted by Crippen LogP contribution is 2.30. The molecule has 0 aromatic heterocycles. The van der Waals surface area contributed by atoms with Gasteiger partial charge in [-0.05, 0) is 36.8 Å². The van der Waals surface area contributed by atoms with Crippen molar-refractivity contribution >= 4 is 11.7 Å². The van der Waals surface area contributed by atoms with Crippen LogP contribution in [0.2, 0.25) is 0 Å². The molecule has 5 nitrogen and oxygen atoms in total. The fourth-order valence-corrected chi connectivity index (χ4v) is 3.25. The maximum atomic E-state index is 12.6. The van der Waals surface area contributed by atoms with E-state index < -0.39 is 11.7 Å². The Balaban J connectivity index is 1.50. The second-order valence-corrected chi connectivity index (χ2v) is 6.73. The number of alkyl halides is 3. The Morgan fingerprint density at radius 1 is 1.03 bits per heavy atom. The molecule has 0 spiro atoms. The molecule has 0 bridgehead atoms. The summed E-state index contributed by atoms with van der Waals surface area (Å²) in [6, 6.07) is 12.4. The maximum absolute atomic E-state index is 12.6. The van der Waals surface area contributed by atoms with E-state index in [2.05, 4.69) is 10.2 Å². The van der Waals surface area contributed by atoms with Crippen LogP contribution in [0.5, 0.6) is 5.75 Å². The molecule has 2 aromatic rings. The Morgan fingerprint density at radius 2 is 1.69 bits per heavy atom. The van der Waals surface area contributed by atoms with Gasteiger partial charge in [-0.2, -0.15) is 13.2 Å². The van der Waals surface area contributed by atoms with Crippen LogP contribution >= 0.6 is 0 Å².